The van der Waals surface area contributed by atoms with Gasteiger partial charge >= 0.3 is 0 Å². The molecule has 3 unspecified atom stereocenters. The molecule has 0 aromatic carbocycles. The molecule has 4 heterocycles. The molecule has 6 aliphatic carbocycles. The molecule has 0 aromatic rings. The van der Waals surface area contributed by atoms with Gasteiger partial charge in [-0.15, -0.1) is 0 Å². The van der Waals surface area contributed by atoms with E-state index in [4.69, 9.17) is 9.47 Å². The Bertz CT molecular complexity index is 1230. The lowest BCUT2D eigenvalue weighted by atomic mass is 9.75. The van der Waals surface area contributed by atoms with Gasteiger partial charge in [-0.05, 0) is 101 Å². The van der Waals surface area contributed by atoms with Crippen molar-refractivity contribution < 1.29 is 23.9 Å². The number of carbonyl (C=O) groups excluding carboxylic acids is 3. The maximum atomic E-state index is 12.1. The third kappa shape index (κ3) is 4.01. The number of amides is 2. The first-order chi connectivity index (χ1) is 20.2. The topological polar surface area (TPSA) is 76.2 Å². The predicted molar refractivity (Wildman–Crippen MR) is 161 cm³/mol. The highest BCUT2D eigenvalue weighted by Gasteiger charge is 2.84. The predicted octanol–water partition coefficient (Wildman–Crippen LogP) is 5.72. The van der Waals surface area contributed by atoms with E-state index in [1.807, 2.05) is 44.4 Å². The second kappa shape index (κ2) is 8.74. The molecule has 0 radical (unpaired) electrons. The molecule has 4 aliphatic heterocycles. The van der Waals surface area contributed by atoms with Gasteiger partial charge in [-0.25, -0.2) is 0 Å². The van der Waals surface area contributed by atoms with Crippen LogP contribution in [0.5, 0.6) is 0 Å². The summed E-state index contributed by atoms with van der Waals surface area (Å²) in [4.78, 5) is 40.3. The van der Waals surface area contributed by atoms with E-state index in [1.54, 1.807) is 5.57 Å². The van der Waals surface area contributed by atoms with Crippen LogP contribution in [0.2, 0.25) is 0 Å². The van der Waals surface area contributed by atoms with E-state index in [0.717, 1.165) is 13.2 Å². The molecule has 10 aliphatic rings. The standard InChI is InChI=1S/C14H22O.2C11H15NO2/c1-4-12(15)13-11(9-10-5-6-10)7-8-14(13,2)3;2*1-10(2)12-6(5-14-10)7-8(9(12)13)11(7)3-4-11/h9,11,13H,4-8H2,1-3H3;2*6-8H,3-5H2,1-2H3/t11-,13?;6-,7+,8?;6-,7-,8?/m111/s1. The molecule has 4 saturated heterocycles. The highest BCUT2D eigenvalue weighted by molar-refractivity contribution is 5.89. The van der Waals surface area contributed by atoms with E-state index < -0.39 is 0 Å². The maximum absolute atomic E-state index is 12.1. The number of ether oxygens (including phenoxy) is 2. The molecule has 0 aromatic heterocycles. The number of rotatable bonds is 3. The van der Waals surface area contributed by atoms with Crippen molar-refractivity contribution in [2.24, 2.45) is 51.8 Å². The van der Waals surface area contributed by atoms with Crippen molar-refractivity contribution in [1.82, 2.24) is 9.80 Å². The quantitative estimate of drug-likeness (QED) is 0.392. The first-order valence-electron chi connectivity index (χ1n) is 17.4. The van der Waals surface area contributed by atoms with Crippen LogP contribution < -0.4 is 0 Å². The Morgan fingerprint density at radius 1 is 0.791 bits per heavy atom. The minimum atomic E-state index is -0.342. The third-order valence-electron chi connectivity index (χ3n) is 13.7. The van der Waals surface area contributed by atoms with Gasteiger partial charge in [0, 0.05) is 36.0 Å². The SMILES string of the molecule is CC1(C)OC[C@@H]2[C@@H]3C(C(=O)N21)C31CC1.CC1(C)OC[C@@H]2[C@H]3C(C(=O)N21)C31CC1.CCC(=O)C1[C@@H](C=C2CC2)CCC1(C)C. The molecule has 6 saturated carbocycles. The molecule has 8 atom stereocenters. The lowest BCUT2D eigenvalue weighted by Gasteiger charge is -2.31. The molecule has 2 amide bonds. The summed E-state index contributed by atoms with van der Waals surface area (Å²) >= 11 is 0. The lowest BCUT2D eigenvalue weighted by molar-refractivity contribution is -0.146. The second-order valence-corrected chi connectivity index (χ2v) is 17.4. The Morgan fingerprint density at radius 2 is 1.26 bits per heavy atom. The molecule has 0 bridgehead atoms. The summed E-state index contributed by atoms with van der Waals surface area (Å²) in [5, 5.41) is 0. The monoisotopic (exact) mass is 592 g/mol. The van der Waals surface area contributed by atoms with Gasteiger partial charge in [-0.2, -0.15) is 0 Å². The van der Waals surface area contributed by atoms with Gasteiger partial charge in [0.2, 0.25) is 11.8 Å². The van der Waals surface area contributed by atoms with Crippen molar-refractivity contribution in [2.45, 2.75) is 130 Å². The van der Waals surface area contributed by atoms with Gasteiger partial charge < -0.3 is 19.3 Å². The lowest BCUT2D eigenvalue weighted by Crippen LogP contribution is -2.46. The Kier molecular flexibility index (Phi) is 5.84. The Balaban J connectivity index is 0.0000000969. The largest absolute Gasteiger partial charge is 0.354 e. The van der Waals surface area contributed by atoms with E-state index in [2.05, 4.69) is 19.9 Å². The molecule has 43 heavy (non-hydrogen) atoms. The number of allylic oxidation sites excluding steroid dienone is 2. The normalized spacial score (nSPS) is 43.7. The number of Topliss-reactive ketones (excluding diaryl/α,β-unsaturated/α-hetero) is 1. The molecule has 7 nitrogen and oxygen atoms in total. The van der Waals surface area contributed by atoms with Crippen LogP contribution in [-0.2, 0) is 23.9 Å². The Morgan fingerprint density at radius 3 is 1.65 bits per heavy atom. The van der Waals surface area contributed by atoms with Crippen molar-refractivity contribution in [3.8, 4) is 0 Å². The van der Waals surface area contributed by atoms with Crippen LogP contribution in [0.1, 0.15) is 106 Å². The molecule has 10 fully saturated rings. The average molecular weight is 593 g/mol. The average Bonchev–Trinajstić information content (AvgIpc) is 3.80. The summed E-state index contributed by atoms with van der Waals surface area (Å²) in [6.45, 7) is 16.1. The fraction of sp³-hybridized carbons (Fsp3) is 0.861. The van der Waals surface area contributed by atoms with Crippen LogP contribution in [-0.4, -0.2) is 64.1 Å². The number of piperidine rings is 2. The summed E-state index contributed by atoms with van der Waals surface area (Å²) in [6, 6.07) is 0.815. The molecule has 0 N–H and O–H groups in total. The van der Waals surface area contributed by atoms with E-state index in [0.29, 0.717) is 76.5 Å². The highest BCUT2D eigenvalue weighted by Crippen LogP contribution is 2.81. The number of fused-ring (bicyclic) bond motifs is 10. The fourth-order valence-corrected chi connectivity index (χ4v) is 11.0. The van der Waals surface area contributed by atoms with Gasteiger partial charge in [0.05, 0.1) is 25.3 Å². The van der Waals surface area contributed by atoms with Crippen LogP contribution in [0.3, 0.4) is 0 Å². The van der Waals surface area contributed by atoms with Crippen LogP contribution in [0.15, 0.2) is 11.6 Å². The zero-order valence-corrected chi connectivity index (χ0v) is 27.4. The van der Waals surface area contributed by atoms with Crippen molar-refractivity contribution in [2.75, 3.05) is 13.2 Å². The number of carbonyl (C=O) groups is 3. The van der Waals surface area contributed by atoms with Crippen LogP contribution in [0.4, 0.5) is 0 Å². The summed E-state index contributed by atoms with van der Waals surface area (Å²) in [6.07, 6.45) is 13.3. The summed E-state index contributed by atoms with van der Waals surface area (Å²) in [5.41, 5.74) is 2.08. The van der Waals surface area contributed by atoms with E-state index in [-0.39, 0.29) is 22.8 Å². The molecule has 236 valence electrons. The first kappa shape index (κ1) is 28.7. The molecule has 7 heteroatoms. The van der Waals surface area contributed by atoms with Crippen LogP contribution in [0.25, 0.3) is 0 Å². The zero-order chi connectivity index (χ0) is 30.5. The van der Waals surface area contributed by atoms with E-state index in [1.165, 1.54) is 51.4 Å². The van der Waals surface area contributed by atoms with Gasteiger partial charge in [-0.1, -0.05) is 32.4 Å². The number of ketones is 1. The van der Waals surface area contributed by atoms with E-state index in [9.17, 15) is 14.4 Å². The van der Waals surface area contributed by atoms with Crippen molar-refractivity contribution in [1.29, 1.82) is 0 Å². The number of nitrogens with zero attached hydrogens (tertiary/aromatic N) is 2. The van der Waals surface area contributed by atoms with Crippen LogP contribution >= 0.6 is 0 Å². The smallest absolute Gasteiger partial charge is 0.229 e. The minimum absolute atomic E-state index is 0.226. The maximum Gasteiger partial charge on any atom is 0.229 e. The molecule has 10 rings (SSSR count). The molecular formula is C36H52N2O5. The van der Waals surface area contributed by atoms with Crippen molar-refractivity contribution in [3.63, 3.8) is 0 Å². The molecular weight excluding hydrogens is 540 g/mol. The minimum Gasteiger partial charge on any atom is -0.354 e. The number of hydrogen-bond donors (Lipinski definition) is 0. The summed E-state index contributed by atoms with van der Waals surface area (Å²) in [7, 11) is 0. The Labute approximate surface area is 257 Å². The van der Waals surface area contributed by atoms with E-state index >= 15 is 0 Å². The number of hydrogen-bond acceptors (Lipinski definition) is 5. The van der Waals surface area contributed by atoms with Crippen LogP contribution in [0, 0.1) is 51.8 Å². The van der Waals surface area contributed by atoms with Gasteiger partial charge in [0.25, 0.3) is 0 Å². The summed E-state index contributed by atoms with van der Waals surface area (Å²) < 4.78 is 11.4. The van der Waals surface area contributed by atoms with Gasteiger partial charge in [0.15, 0.2) is 0 Å². The van der Waals surface area contributed by atoms with Crippen molar-refractivity contribution >= 4 is 17.6 Å². The third-order valence-corrected chi connectivity index (χ3v) is 13.7. The van der Waals surface area contributed by atoms with Crippen molar-refractivity contribution in [3.05, 3.63) is 11.6 Å². The van der Waals surface area contributed by atoms with Gasteiger partial charge in [0.1, 0.15) is 17.2 Å². The fourth-order valence-electron chi connectivity index (χ4n) is 11.0. The van der Waals surface area contributed by atoms with Gasteiger partial charge in [-0.3, -0.25) is 14.4 Å². The zero-order valence-electron chi connectivity index (χ0n) is 27.4. The Hall–Kier alpha value is -1.73. The highest BCUT2D eigenvalue weighted by atomic mass is 16.5. The molecule has 2 spiro atoms. The second-order valence-electron chi connectivity index (χ2n) is 17.4. The first-order valence-corrected chi connectivity index (χ1v) is 17.4. The summed E-state index contributed by atoms with van der Waals surface area (Å²) in [5.74, 6) is 4.13.